The molecule has 0 unspecified atom stereocenters. The molecule has 0 aromatic heterocycles. The second-order valence-electron chi connectivity index (χ2n) is 5.55. The van der Waals surface area contributed by atoms with E-state index in [1.807, 2.05) is 18.2 Å². The number of carbonyl (C=O) groups excluding carboxylic acids is 1. The van der Waals surface area contributed by atoms with Crippen molar-refractivity contribution >= 4 is 33.3 Å². The van der Waals surface area contributed by atoms with Crippen molar-refractivity contribution in [3.63, 3.8) is 0 Å². The number of nitrogens with two attached hydrogens (primary N) is 1. The third-order valence-corrected chi connectivity index (χ3v) is 4.72. The first-order chi connectivity index (χ1) is 11.0. The molecular weight excluding hydrogens is 361 g/mol. The molecular formula is C17H17BrFN3O. The van der Waals surface area contributed by atoms with Crippen LogP contribution in [0.4, 0.5) is 20.6 Å². The molecule has 2 aromatic carbocycles. The minimum Gasteiger partial charge on any atom is -0.367 e. The number of fused-ring (bicyclic) bond motifs is 1. The second kappa shape index (κ2) is 6.58. The van der Waals surface area contributed by atoms with E-state index in [-0.39, 0.29) is 5.82 Å². The van der Waals surface area contributed by atoms with E-state index < -0.39 is 6.03 Å². The standard InChI is InChI=1S/C17H17BrFN3O/c18-14-9-12(19)7-6-11(14)10-22-8-2-3-13-15(21-17(20)23)4-1-5-16(13)22/h1,4-7,9H,2-3,8,10H2,(H3,20,21,23). The average Bonchev–Trinajstić information content (AvgIpc) is 2.50. The first-order valence-corrected chi connectivity index (χ1v) is 8.21. The Hall–Kier alpha value is -2.08. The predicted molar refractivity (Wildman–Crippen MR) is 93.1 cm³/mol. The minimum absolute atomic E-state index is 0.257. The second-order valence-corrected chi connectivity index (χ2v) is 6.41. The number of primary amides is 1. The molecule has 1 aliphatic heterocycles. The zero-order valence-corrected chi connectivity index (χ0v) is 14.1. The maximum Gasteiger partial charge on any atom is 0.316 e. The lowest BCUT2D eigenvalue weighted by atomic mass is 9.99. The number of amides is 2. The molecule has 3 rings (SSSR count). The molecule has 6 heteroatoms. The molecule has 23 heavy (non-hydrogen) atoms. The van der Waals surface area contributed by atoms with E-state index in [1.165, 1.54) is 12.1 Å². The summed E-state index contributed by atoms with van der Waals surface area (Å²) in [5.74, 6) is -0.257. The lowest BCUT2D eigenvalue weighted by Gasteiger charge is -2.32. The van der Waals surface area contributed by atoms with Crippen molar-refractivity contribution in [2.45, 2.75) is 19.4 Å². The van der Waals surface area contributed by atoms with Crippen LogP contribution < -0.4 is 16.0 Å². The summed E-state index contributed by atoms with van der Waals surface area (Å²) in [4.78, 5) is 13.4. The zero-order chi connectivity index (χ0) is 16.4. The van der Waals surface area contributed by atoms with Crippen LogP contribution >= 0.6 is 15.9 Å². The summed E-state index contributed by atoms with van der Waals surface area (Å²) in [6, 6.07) is 9.98. The normalized spacial score (nSPS) is 13.6. The van der Waals surface area contributed by atoms with Crippen molar-refractivity contribution in [2.24, 2.45) is 5.73 Å². The van der Waals surface area contributed by atoms with E-state index in [0.717, 1.165) is 46.4 Å². The summed E-state index contributed by atoms with van der Waals surface area (Å²) in [5.41, 5.74) is 9.20. The number of nitrogens with zero attached hydrogens (tertiary/aromatic N) is 1. The van der Waals surface area contributed by atoms with Gasteiger partial charge in [-0.25, -0.2) is 9.18 Å². The molecule has 1 heterocycles. The van der Waals surface area contributed by atoms with Gasteiger partial charge in [0.05, 0.1) is 0 Å². The zero-order valence-electron chi connectivity index (χ0n) is 12.5. The summed E-state index contributed by atoms with van der Waals surface area (Å²) >= 11 is 3.42. The highest BCUT2D eigenvalue weighted by Gasteiger charge is 2.20. The smallest absolute Gasteiger partial charge is 0.316 e. The molecule has 1 aliphatic rings. The number of benzene rings is 2. The Labute approximate surface area is 142 Å². The van der Waals surface area contributed by atoms with E-state index >= 15 is 0 Å². The van der Waals surface area contributed by atoms with Gasteiger partial charge in [-0.3, -0.25) is 0 Å². The van der Waals surface area contributed by atoms with E-state index in [1.54, 1.807) is 6.07 Å². The predicted octanol–water partition coefficient (Wildman–Crippen LogP) is 4.03. The number of carbonyl (C=O) groups is 1. The van der Waals surface area contributed by atoms with E-state index in [4.69, 9.17) is 5.73 Å². The van der Waals surface area contributed by atoms with Gasteiger partial charge in [0.1, 0.15) is 5.82 Å². The number of urea groups is 1. The Balaban J connectivity index is 1.91. The fourth-order valence-corrected chi connectivity index (χ4v) is 3.45. The van der Waals surface area contributed by atoms with Gasteiger partial charge in [0.25, 0.3) is 0 Å². The van der Waals surface area contributed by atoms with Gasteiger partial charge in [0.2, 0.25) is 0 Å². The van der Waals surface area contributed by atoms with E-state index in [9.17, 15) is 9.18 Å². The number of halogens is 2. The van der Waals surface area contributed by atoms with Gasteiger partial charge in [-0.15, -0.1) is 0 Å². The van der Waals surface area contributed by atoms with Crippen molar-refractivity contribution in [1.29, 1.82) is 0 Å². The topological polar surface area (TPSA) is 58.4 Å². The number of nitrogens with one attached hydrogen (secondary N) is 1. The van der Waals surface area contributed by atoms with Crippen LogP contribution in [-0.4, -0.2) is 12.6 Å². The van der Waals surface area contributed by atoms with Crippen molar-refractivity contribution in [3.05, 3.63) is 57.8 Å². The lowest BCUT2D eigenvalue weighted by Crippen LogP contribution is -2.30. The Morgan fingerprint density at radius 3 is 2.91 bits per heavy atom. The lowest BCUT2D eigenvalue weighted by molar-refractivity contribution is 0.259. The molecule has 0 saturated heterocycles. The molecule has 120 valence electrons. The molecule has 0 aliphatic carbocycles. The van der Waals surface area contributed by atoms with E-state index in [0.29, 0.717) is 6.54 Å². The highest BCUT2D eigenvalue weighted by atomic mass is 79.9. The van der Waals surface area contributed by atoms with Crippen molar-refractivity contribution in [3.8, 4) is 0 Å². The van der Waals surface area contributed by atoms with Crippen LogP contribution in [-0.2, 0) is 13.0 Å². The third-order valence-electron chi connectivity index (χ3n) is 3.98. The molecule has 0 spiro atoms. The van der Waals surface area contributed by atoms with Crippen LogP contribution in [0.5, 0.6) is 0 Å². The van der Waals surface area contributed by atoms with Crippen LogP contribution in [0.3, 0.4) is 0 Å². The van der Waals surface area contributed by atoms with Crippen LogP contribution in [0.15, 0.2) is 40.9 Å². The Morgan fingerprint density at radius 2 is 2.17 bits per heavy atom. The summed E-state index contributed by atoms with van der Waals surface area (Å²) in [6.07, 6.45) is 1.89. The molecule has 0 saturated carbocycles. The van der Waals surface area contributed by atoms with Gasteiger partial charge in [-0.1, -0.05) is 28.1 Å². The fourth-order valence-electron chi connectivity index (χ4n) is 2.97. The first kappa shape index (κ1) is 15.8. The highest BCUT2D eigenvalue weighted by Crippen LogP contribution is 2.34. The summed E-state index contributed by atoms with van der Waals surface area (Å²) in [5, 5.41) is 2.69. The van der Waals surface area contributed by atoms with Gasteiger partial charge in [0.15, 0.2) is 0 Å². The molecule has 3 N–H and O–H groups in total. The van der Waals surface area contributed by atoms with Gasteiger partial charge in [-0.05, 0) is 48.2 Å². The summed E-state index contributed by atoms with van der Waals surface area (Å²) in [6.45, 7) is 1.59. The fraction of sp³-hybridized carbons (Fsp3) is 0.235. The van der Waals surface area contributed by atoms with Crippen molar-refractivity contribution < 1.29 is 9.18 Å². The van der Waals surface area contributed by atoms with Gasteiger partial charge in [0, 0.05) is 28.9 Å². The maximum absolute atomic E-state index is 13.2. The molecule has 2 amide bonds. The molecule has 2 aromatic rings. The van der Waals surface area contributed by atoms with Gasteiger partial charge >= 0.3 is 6.03 Å². The molecule has 0 radical (unpaired) electrons. The quantitative estimate of drug-likeness (QED) is 0.847. The largest absolute Gasteiger partial charge is 0.367 e. The van der Waals surface area contributed by atoms with E-state index in [2.05, 4.69) is 26.1 Å². The summed E-state index contributed by atoms with van der Waals surface area (Å²) < 4.78 is 14.0. The van der Waals surface area contributed by atoms with Crippen LogP contribution in [0.2, 0.25) is 0 Å². The number of anilines is 2. The van der Waals surface area contributed by atoms with Crippen LogP contribution in [0, 0.1) is 5.82 Å². The molecule has 0 atom stereocenters. The highest BCUT2D eigenvalue weighted by molar-refractivity contribution is 9.10. The number of hydrogen-bond donors (Lipinski definition) is 2. The minimum atomic E-state index is -0.559. The van der Waals surface area contributed by atoms with Gasteiger partial charge in [-0.2, -0.15) is 0 Å². The van der Waals surface area contributed by atoms with Crippen LogP contribution in [0.25, 0.3) is 0 Å². The summed E-state index contributed by atoms with van der Waals surface area (Å²) in [7, 11) is 0. The number of rotatable bonds is 3. The Morgan fingerprint density at radius 1 is 1.35 bits per heavy atom. The van der Waals surface area contributed by atoms with Crippen molar-refractivity contribution in [2.75, 3.05) is 16.8 Å². The SMILES string of the molecule is NC(=O)Nc1cccc2c1CCCN2Cc1ccc(F)cc1Br. The Bertz CT molecular complexity index is 751. The third kappa shape index (κ3) is 3.47. The van der Waals surface area contributed by atoms with Gasteiger partial charge < -0.3 is 16.0 Å². The molecule has 4 nitrogen and oxygen atoms in total. The van der Waals surface area contributed by atoms with Crippen LogP contribution in [0.1, 0.15) is 17.5 Å². The first-order valence-electron chi connectivity index (χ1n) is 7.42. The number of hydrogen-bond acceptors (Lipinski definition) is 2. The molecule has 0 bridgehead atoms. The van der Waals surface area contributed by atoms with Crippen molar-refractivity contribution in [1.82, 2.24) is 0 Å². The maximum atomic E-state index is 13.2. The molecule has 0 fully saturated rings. The average molecular weight is 378 g/mol. The monoisotopic (exact) mass is 377 g/mol. The Kier molecular flexibility index (Phi) is 4.52.